The zero-order valence-corrected chi connectivity index (χ0v) is 18.8. The van der Waals surface area contributed by atoms with Gasteiger partial charge in [-0.25, -0.2) is 18.2 Å². The SMILES string of the molecule is O=C(NC(CCS(=O)(=O)c1ccccc1)C(=O)O)C1=NOC(CCCCNc2ncc[nH]2)C1. The van der Waals surface area contributed by atoms with Gasteiger partial charge in [0.05, 0.1) is 10.6 Å². The number of carboxylic acid groups (broad SMARTS) is 1. The van der Waals surface area contributed by atoms with Crippen molar-refractivity contribution in [1.29, 1.82) is 0 Å². The molecule has 178 valence electrons. The second-order valence-electron chi connectivity index (χ2n) is 7.61. The van der Waals surface area contributed by atoms with Crippen molar-refractivity contribution in [1.82, 2.24) is 15.3 Å². The largest absolute Gasteiger partial charge is 0.480 e. The Bertz CT molecular complexity index is 1060. The number of aromatic amines is 1. The summed E-state index contributed by atoms with van der Waals surface area (Å²) in [6.07, 6.45) is 5.56. The minimum Gasteiger partial charge on any atom is -0.480 e. The van der Waals surface area contributed by atoms with E-state index in [0.29, 0.717) is 12.4 Å². The maximum atomic E-state index is 12.5. The molecule has 1 aliphatic rings. The molecule has 4 N–H and O–H groups in total. The van der Waals surface area contributed by atoms with E-state index in [4.69, 9.17) is 4.84 Å². The molecule has 0 saturated carbocycles. The molecule has 12 heteroatoms. The quantitative estimate of drug-likeness (QED) is 0.316. The van der Waals surface area contributed by atoms with Crippen LogP contribution in [0.3, 0.4) is 0 Å². The van der Waals surface area contributed by atoms with Crippen molar-refractivity contribution in [3.8, 4) is 0 Å². The van der Waals surface area contributed by atoms with Gasteiger partial charge in [-0.3, -0.25) is 4.79 Å². The first-order valence-corrected chi connectivity index (χ1v) is 12.3. The van der Waals surface area contributed by atoms with E-state index in [1.807, 2.05) is 0 Å². The first-order valence-electron chi connectivity index (χ1n) is 10.6. The predicted molar refractivity (Wildman–Crippen MR) is 121 cm³/mol. The number of sulfone groups is 1. The van der Waals surface area contributed by atoms with Gasteiger partial charge in [-0.1, -0.05) is 23.4 Å². The normalized spacial score (nSPS) is 16.5. The number of hydrogen-bond donors (Lipinski definition) is 4. The number of benzene rings is 1. The monoisotopic (exact) mass is 477 g/mol. The van der Waals surface area contributed by atoms with E-state index in [1.54, 1.807) is 30.6 Å². The van der Waals surface area contributed by atoms with Gasteiger partial charge in [0.25, 0.3) is 5.91 Å². The Labute approximate surface area is 191 Å². The van der Waals surface area contributed by atoms with E-state index >= 15 is 0 Å². The molecule has 0 spiro atoms. The molecule has 11 nitrogen and oxygen atoms in total. The summed E-state index contributed by atoms with van der Waals surface area (Å²) in [4.78, 5) is 36.4. The number of anilines is 1. The van der Waals surface area contributed by atoms with Gasteiger partial charge in [0.15, 0.2) is 15.8 Å². The molecule has 1 aromatic carbocycles. The molecular formula is C21H27N5O6S. The first-order chi connectivity index (χ1) is 15.8. The highest BCUT2D eigenvalue weighted by Crippen LogP contribution is 2.17. The van der Waals surface area contributed by atoms with Crippen molar-refractivity contribution in [2.75, 3.05) is 17.6 Å². The van der Waals surface area contributed by atoms with Crippen LogP contribution in [0.4, 0.5) is 5.95 Å². The van der Waals surface area contributed by atoms with Gasteiger partial charge in [-0.2, -0.15) is 0 Å². The number of H-pyrrole nitrogens is 1. The molecule has 1 amide bonds. The third-order valence-corrected chi connectivity index (χ3v) is 6.88. The van der Waals surface area contributed by atoms with E-state index in [0.717, 1.165) is 19.4 Å². The smallest absolute Gasteiger partial charge is 0.326 e. The zero-order chi connectivity index (χ0) is 23.7. The highest BCUT2D eigenvalue weighted by atomic mass is 32.2. The summed E-state index contributed by atoms with van der Waals surface area (Å²) in [6.45, 7) is 0.737. The van der Waals surface area contributed by atoms with Crippen molar-refractivity contribution < 1.29 is 28.0 Å². The van der Waals surface area contributed by atoms with Crippen LogP contribution in [0.2, 0.25) is 0 Å². The topological polar surface area (TPSA) is 163 Å². The molecule has 1 aliphatic heterocycles. The molecule has 0 radical (unpaired) electrons. The van der Waals surface area contributed by atoms with Crippen molar-refractivity contribution in [2.45, 2.75) is 49.1 Å². The number of hydrogen-bond acceptors (Lipinski definition) is 8. The van der Waals surface area contributed by atoms with Crippen LogP contribution in [0, 0.1) is 0 Å². The fourth-order valence-electron chi connectivity index (χ4n) is 3.30. The van der Waals surface area contributed by atoms with Crippen molar-refractivity contribution >= 4 is 33.4 Å². The number of oxime groups is 1. The minimum absolute atomic E-state index is 0.103. The van der Waals surface area contributed by atoms with Crippen LogP contribution < -0.4 is 10.6 Å². The molecule has 2 unspecified atom stereocenters. The highest BCUT2D eigenvalue weighted by molar-refractivity contribution is 7.91. The van der Waals surface area contributed by atoms with Crippen LogP contribution in [0.5, 0.6) is 0 Å². The number of unbranched alkanes of at least 4 members (excludes halogenated alkanes) is 1. The number of aromatic nitrogens is 2. The number of carbonyl (C=O) groups excluding carboxylic acids is 1. The Morgan fingerprint density at radius 1 is 1.24 bits per heavy atom. The van der Waals surface area contributed by atoms with Crippen LogP contribution in [-0.2, 0) is 24.3 Å². The van der Waals surface area contributed by atoms with E-state index in [9.17, 15) is 23.1 Å². The number of amides is 1. The Morgan fingerprint density at radius 2 is 2.03 bits per heavy atom. The Hall–Kier alpha value is -3.41. The standard InChI is InChI=1S/C21H27N5O6S/c27-19(18-14-15(32-26-18)6-4-5-10-22-21-23-11-12-24-21)25-17(20(28)29)9-13-33(30,31)16-7-2-1-3-8-16/h1-3,7-8,11-12,15,17H,4-6,9-10,13-14H2,(H,25,27)(H,28,29)(H2,22,23,24). The molecule has 0 bridgehead atoms. The summed E-state index contributed by atoms with van der Waals surface area (Å²) < 4.78 is 24.8. The third kappa shape index (κ3) is 7.31. The van der Waals surface area contributed by atoms with Crippen LogP contribution in [0.1, 0.15) is 32.1 Å². The van der Waals surface area contributed by atoms with Crippen LogP contribution >= 0.6 is 0 Å². The number of aliphatic carboxylic acids is 1. The summed E-state index contributed by atoms with van der Waals surface area (Å²) in [5, 5.41) is 18.7. The van der Waals surface area contributed by atoms with Gasteiger partial charge in [0.1, 0.15) is 17.9 Å². The summed E-state index contributed by atoms with van der Waals surface area (Å²) in [7, 11) is -3.66. The number of imidazole rings is 1. The van der Waals surface area contributed by atoms with Crippen molar-refractivity contribution in [2.24, 2.45) is 5.16 Å². The number of carbonyl (C=O) groups is 2. The maximum absolute atomic E-state index is 12.5. The Balaban J connectivity index is 1.40. The number of nitrogens with zero attached hydrogens (tertiary/aromatic N) is 2. The molecule has 0 saturated heterocycles. The lowest BCUT2D eigenvalue weighted by atomic mass is 10.1. The molecule has 2 aromatic rings. The first kappa shape index (κ1) is 24.2. The lowest BCUT2D eigenvalue weighted by molar-refractivity contribution is -0.141. The molecule has 1 aromatic heterocycles. The molecule has 2 heterocycles. The molecule has 0 fully saturated rings. The average Bonchev–Trinajstić information content (AvgIpc) is 3.49. The third-order valence-electron chi connectivity index (χ3n) is 5.12. The van der Waals surface area contributed by atoms with Crippen LogP contribution in [0.25, 0.3) is 0 Å². The summed E-state index contributed by atoms with van der Waals surface area (Å²) in [5.74, 6) is -1.68. The lowest BCUT2D eigenvalue weighted by Crippen LogP contribution is -2.44. The van der Waals surface area contributed by atoms with Gasteiger partial charge in [-0.05, 0) is 37.8 Å². The summed E-state index contributed by atoms with van der Waals surface area (Å²) in [5.41, 5.74) is 0.103. The zero-order valence-electron chi connectivity index (χ0n) is 17.9. The summed E-state index contributed by atoms with van der Waals surface area (Å²) >= 11 is 0. The second-order valence-corrected chi connectivity index (χ2v) is 9.72. The number of rotatable bonds is 13. The molecule has 3 rings (SSSR count). The Kier molecular flexibility index (Phi) is 8.41. The Morgan fingerprint density at radius 3 is 2.73 bits per heavy atom. The predicted octanol–water partition coefficient (Wildman–Crippen LogP) is 1.57. The highest BCUT2D eigenvalue weighted by Gasteiger charge is 2.30. The number of nitrogens with one attached hydrogen (secondary N) is 3. The van der Waals surface area contributed by atoms with E-state index in [1.165, 1.54) is 12.1 Å². The molecule has 0 aliphatic carbocycles. The maximum Gasteiger partial charge on any atom is 0.326 e. The van der Waals surface area contributed by atoms with Gasteiger partial charge >= 0.3 is 5.97 Å². The molecule has 33 heavy (non-hydrogen) atoms. The van der Waals surface area contributed by atoms with E-state index in [2.05, 4.69) is 25.8 Å². The average molecular weight is 478 g/mol. The molecule has 2 atom stereocenters. The lowest BCUT2D eigenvalue weighted by Gasteiger charge is -2.14. The van der Waals surface area contributed by atoms with E-state index in [-0.39, 0.29) is 29.6 Å². The summed E-state index contributed by atoms with van der Waals surface area (Å²) in [6, 6.07) is 6.41. The van der Waals surface area contributed by atoms with Gasteiger partial charge in [0, 0.05) is 25.4 Å². The fraction of sp³-hybridized carbons (Fsp3) is 0.429. The van der Waals surface area contributed by atoms with Crippen LogP contribution in [-0.4, -0.2) is 65.5 Å². The fourth-order valence-corrected chi connectivity index (χ4v) is 4.65. The van der Waals surface area contributed by atoms with Crippen molar-refractivity contribution in [3.05, 3.63) is 42.7 Å². The van der Waals surface area contributed by atoms with E-state index < -0.39 is 33.5 Å². The second kappa shape index (κ2) is 11.5. The molecular weight excluding hydrogens is 450 g/mol. The minimum atomic E-state index is -3.66. The van der Waals surface area contributed by atoms with Crippen LogP contribution in [0.15, 0.2) is 52.8 Å². The van der Waals surface area contributed by atoms with Gasteiger partial charge in [0.2, 0.25) is 0 Å². The van der Waals surface area contributed by atoms with Gasteiger partial charge < -0.3 is 25.6 Å². The number of carboxylic acids is 1. The van der Waals surface area contributed by atoms with Gasteiger partial charge in [-0.15, -0.1) is 0 Å². The van der Waals surface area contributed by atoms with Crippen molar-refractivity contribution in [3.63, 3.8) is 0 Å².